The molecule has 0 saturated carbocycles. The van der Waals surface area contributed by atoms with E-state index in [1.54, 1.807) is 6.20 Å². The fraction of sp³-hybridized carbons (Fsp3) is 0.538. The number of ether oxygens (including phenoxy) is 2. The number of piperidine rings is 1. The number of nitrogens with zero attached hydrogens (tertiary/aromatic N) is 3. The Hall–Kier alpha value is -1.30. The third kappa shape index (κ3) is 2.58. The molecule has 5 heteroatoms. The van der Waals surface area contributed by atoms with Gasteiger partial charge in [0.15, 0.2) is 12.1 Å². The molecule has 2 aliphatic rings. The highest BCUT2D eigenvalue weighted by molar-refractivity contribution is 5.87. The van der Waals surface area contributed by atoms with Gasteiger partial charge in [-0.05, 0) is 31.9 Å². The Bertz CT molecular complexity index is 419. The maximum atomic E-state index is 5.48. The van der Waals surface area contributed by atoms with Gasteiger partial charge in [0.25, 0.3) is 0 Å². The lowest BCUT2D eigenvalue weighted by molar-refractivity contribution is -0.422. The number of rotatable bonds is 2. The van der Waals surface area contributed by atoms with E-state index >= 15 is 0 Å². The first-order valence-electron chi connectivity index (χ1n) is 6.34. The van der Waals surface area contributed by atoms with Crippen LogP contribution in [0.1, 0.15) is 19.8 Å². The van der Waals surface area contributed by atoms with Gasteiger partial charge in [-0.15, -0.1) is 0 Å². The highest BCUT2D eigenvalue weighted by atomic mass is 16.9. The topological polar surface area (TPSA) is 47.0 Å². The summed E-state index contributed by atoms with van der Waals surface area (Å²) in [5, 5.41) is 0. The van der Waals surface area contributed by atoms with Crippen molar-refractivity contribution in [3.05, 3.63) is 24.4 Å². The van der Waals surface area contributed by atoms with Crippen LogP contribution in [0, 0.1) is 0 Å². The summed E-state index contributed by atoms with van der Waals surface area (Å²) in [6.07, 6.45) is 3.48. The summed E-state index contributed by atoms with van der Waals surface area (Å²) in [5.74, 6) is 0.797. The molecule has 1 aromatic heterocycles. The lowest BCUT2D eigenvalue weighted by Crippen LogP contribution is -2.53. The van der Waals surface area contributed by atoms with E-state index in [0.717, 1.165) is 31.7 Å². The van der Waals surface area contributed by atoms with E-state index in [1.165, 1.54) is 5.71 Å². The molecule has 0 unspecified atom stereocenters. The van der Waals surface area contributed by atoms with Gasteiger partial charge < -0.3 is 9.47 Å². The summed E-state index contributed by atoms with van der Waals surface area (Å²) < 4.78 is 11.0. The van der Waals surface area contributed by atoms with Crippen LogP contribution in [-0.2, 0) is 9.47 Å². The summed E-state index contributed by atoms with van der Waals surface area (Å²) in [6.45, 7) is 3.78. The van der Waals surface area contributed by atoms with Crippen molar-refractivity contribution in [1.82, 2.24) is 9.88 Å². The van der Waals surface area contributed by atoms with Gasteiger partial charge >= 0.3 is 0 Å². The molecule has 3 heterocycles. The Labute approximate surface area is 106 Å². The first-order chi connectivity index (χ1) is 8.81. The van der Waals surface area contributed by atoms with Gasteiger partial charge in [0.2, 0.25) is 6.41 Å². The number of hydrogen-bond donors (Lipinski definition) is 0. The zero-order valence-electron chi connectivity index (χ0n) is 10.5. The SMILES string of the molecule is CC1OC(N2CCC(=Nc3ccccn3)CC2)O1. The first-order valence-corrected chi connectivity index (χ1v) is 6.34. The molecule has 2 aliphatic heterocycles. The number of pyridine rings is 1. The summed E-state index contributed by atoms with van der Waals surface area (Å²) in [5.41, 5.74) is 1.21. The van der Waals surface area contributed by atoms with Crippen molar-refractivity contribution in [1.29, 1.82) is 0 Å². The Morgan fingerprint density at radius 1 is 1.28 bits per heavy atom. The van der Waals surface area contributed by atoms with Gasteiger partial charge in [0.1, 0.15) is 0 Å². The second-order valence-electron chi connectivity index (χ2n) is 4.55. The molecule has 0 aromatic carbocycles. The maximum absolute atomic E-state index is 5.48. The monoisotopic (exact) mass is 247 g/mol. The highest BCUT2D eigenvalue weighted by Gasteiger charge is 2.34. The van der Waals surface area contributed by atoms with E-state index in [1.807, 2.05) is 25.1 Å². The van der Waals surface area contributed by atoms with Crippen LogP contribution in [0.5, 0.6) is 0 Å². The van der Waals surface area contributed by atoms with E-state index in [-0.39, 0.29) is 12.7 Å². The van der Waals surface area contributed by atoms with Gasteiger partial charge in [0.05, 0.1) is 0 Å². The van der Waals surface area contributed by atoms with Gasteiger partial charge in [-0.2, -0.15) is 0 Å². The minimum Gasteiger partial charge on any atom is -0.310 e. The summed E-state index contributed by atoms with van der Waals surface area (Å²) >= 11 is 0. The standard InChI is InChI=1S/C13H17N3O2/c1-10-17-13(18-10)16-8-5-11(6-9-16)15-12-4-2-3-7-14-12/h2-4,7,10,13H,5-6,8-9H2,1H3. The molecule has 0 atom stereocenters. The Balaban J connectivity index is 1.55. The fourth-order valence-electron chi connectivity index (χ4n) is 2.20. The molecule has 0 bridgehead atoms. The van der Waals surface area contributed by atoms with Gasteiger partial charge in [0, 0.05) is 25.0 Å². The molecule has 2 fully saturated rings. The fourth-order valence-corrected chi connectivity index (χ4v) is 2.20. The highest BCUT2D eigenvalue weighted by Crippen LogP contribution is 2.23. The van der Waals surface area contributed by atoms with Crippen LogP contribution in [0.3, 0.4) is 0 Å². The third-order valence-electron chi connectivity index (χ3n) is 3.21. The Morgan fingerprint density at radius 2 is 2.06 bits per heavy atom. The van der Waals surface area contributed by atoms with Crippen molar-refractivity contribution < 1.29 is 9.47 Å². The van der Waals surface area contributed by atoms with Crippen molar-refractivity contribution in [2.24, 2.45) is 4.99 Å². The van der Waals surface area contributed by atoms with Gasteiger partial charge in [-0.1, -0.05) is 6.07 Å². The van der Waals surface area contributed by atoms with Gasteiger partial charge in [-0.3, -0.25) is 4.90 Å². The van der Waals surface area contributed by atoms with E-state index in [2.05, 4.69) is 14.9 Å². The van der Waals surface area contributed by atoms with E-state index < -0.39 is 0 Å². The van der Waals surface area contributed by atoms with E-state index in [0.29, 0.717) is 0 Å². The second-order valence-corrected chi connectivity index (χ2v) is 4.55. The lowest BCUT2D eigenvalue weighted by Gasteiger charge is -2.42. The van der Waals surface area contributed by atoms with E-state index in [9.17, 15) is 0 Å². The number of hydrogen-bond acceptors (Lipinski definition) is 5. The molecule has 1 aromatic rings. The van der Waals surface area contributed by atoms with Crippen molar-refractivity contribution in [3.8, 4) is 0 Å². The van der Waals surface area contributed by atoms with Crippen LogP contribution >= 0.6 is 0 Å². The second kappa shape index (κ2) is 5.14. The molecule has 0 spiro atoms. The molecule has 3 rings (SSSR count). The van der Waals surface area contributed by atoms with Crippen molar-refractivity contribution in [2.75, 3.05) is 13.1 Å². The lowest BCUT2D eigenvalue weighted by atomic mass is 10.1. The largest absolute Gasteiger partial charge is 0.310 e. The average Bonchev–Trinajstić information content (AvgIpc) is 2.38. The molecule has 0 N–H and O–H groups in total. The maximum Gasteiger partial charge on any atom is 0.223 e. The molecular weight excluding hydrogens is 230 g/mol. The quantitative estimate of drug-likeness (QED) is 0.801. The Morgan fingerprint density at radius 3 is 2.67 bits per heavy atom. The van der Waals surface area contributed by atoms with Crippen LogP contribution in [0.25, 0.3) is 0 Å². The van der Waals surface area contributed by atoms with Crippen LogP contribution in [0.15, 0.2) is 29.4 Å². The zero-order chi connectivity index (χ0) is 12.4. The molecular formula is C13H17N3O2. The predicted octanol–water partition coefficient (Wildman–Crippen LogP) is 1.93. The molecule has 96 valence electrons. The summed E-state index contributed by atoms with van der Waals surface area (Å²) in [7, 11) is 0. The number of aliphatic imine (C=N–C) groups is 1. The molecule has 0 radical (unpaired) electrons. The van der Waals surface area contributed by atoms with Crippen molar-refractivity contribution >= 4 is 11.5 Å². The van der Waals surface area contributed by atoms with Crippen molar-refractivity contribution in [3.63, 3.8) is 0 Å². The minimum atomic E-state index is -0.142. The van der Waals surface area contributed by atoms with Crippen molar-refractivity contribution in [2.45, 2.75) is 32.5 Å². The van der Waals surface area contributed by atoms with Crippen LogP contribution in [0.4, 0.5) is 5.82 Å². The van der Waals surface area contributed by atoms with Crippen LogP contribution < -0.4 is 0 Å². The number of likely N-dealkylation sites (tertiary alicyclic amines) is 1. The molecule has 18 heavy (non-hydrogen) atoms. The average molecular weight is 247 g/mol. The van der Waals surface area contributed by atoms with Crippen LogP contribution in [0.2, 0.25) is 0 Å². The molecule has 5 nitrogen and oxygen atoms in total. The summed E-state index contributed by atoms with van der Waals surface area (Å²) in [4.78, 5) is 11.0. The smallest absolute Gasteiger partial charge is 0.223 e. The van der Waals surface area contributed by atoms with E-state index in [4.69, 9.17) is 9.47 Å². The zero-order valence-corrected chi connectivity index (χ0v) is 10.5. The van der Waals surface area contributed by atoms with Crippen LogP contribution in [-0.4, -0.2) is 41.4 Å². The Kier molecular flexibility index (Phi) is 3.36. The molecule has 2 saturated heterocycles. The number of aromatic nitrogens is 1. The molecule has 0 aliphatic carbocycles. The third-order valence-corrected chi connectivity index (χ3v) is 3.21. The molecule has 0 amide bonds. The predicted molar refractivity (Wildman–Crippen MR) is 67.6 cm³/mol. The normalized spacial score (nSPS) is 28.8. The van der Waals surface area contributed by atoms with Gasteiger partial charge in [-0.25, -0.2) is 9.98 Å². The first kappa shape index (κ1) is 11.8. The summed E-state index contributed by atoms with van der Waals surface area (Å²) in [6, 6.07) is 5.79. The minimum absolute atomic E-state index is 0.0569.